The van der Waals surface area contributed by atoms with E-state index in [1.165, 1.54) is 24.8 Å². The maximum Gasteiger partial charge on any atom is 0.0451 e. The van der Waals surface area contributed by atoms with Crippen LogP contribution in [0.3, 0.4) is 0 Å². The van der Waals surface area contributed by atoms with Crippen molar-refractivity contribution in [1.82, 2.24) is 4.90 Å². The molecule has 0 saturated heterocycles. The van der Waals surface area contributed by atoms with Crippen LogP contribution in [0.4, 0.5) is 0 Å². The van der Waals surface area contributed by atoms with E-state index in [0.717, 1.165) is 18.0 Å². The van der Waals surface area contributed by atoms with Crippen LogP contribution in [0.2, 0.25) is 5.02 Å². The molecule has 0 heterocycles. The standard InChI is InChI=1S/C16H27ClN2/c1-4-5-8-11-16(2,13-18)19(3)12-14-9-6-7-10-15(14)17/h6-7,9-10H,4-5,8,11-13,18H2,1-3H3. The Labute approximate surface area is 122 Å². The first-order valence-electron chi connectivity index (χ1n) is 7.18. The number of unbranched alkanes of at least 4 members (excludes halogenated alkanes) is 2. The van der Waals surface area contributed by atoms with Crippen molar-refractivity contribution in [2.24, 2.45) is 5.73 Å². The summed E-state index contributed by atoms with van der Waals surface area (Å²) in [5.41, 5.74) is 7.23. The Morgan fingerprint density at radius 2 is 1.95 bits per heavy atom. The fraction of sp³-hybridized carbons (Fsp3) is 0.625. The first-order valence-corrected chi connectivity index (χ1v) is 7.56. The third kappa shape index (κ3) is 4.79. The topological polar surface area (TPSA) is 29.3 Å². The molecule has 1 atom stereocenters. The van der Waals surface area contributed by atoms with Gasteiger partial charge in [0.05, 0.1) is 0 Å². The Hall–Kier alpha value is -0.570. The highest BCUT2D eigenvalue weighted by Gasteiger charge is 2.27. The molecule has 0 bridgehead atoms. The van der Waals surface area contributed by atoms with E-state index >= 15 is 0 Å². The van der Waals surface area contributed by atoms with Crippen molar-refractivity contribution in [2.75, 3.05) is 13.6 Å². The number of nitrogens with two attached hydrogens (primary N) is 1. The molecule has 0 aromatic heterocycles. The lowest BCUT2D eigenvalue weighted by Crippen LogP contribution is -2.49. The largest absolute Gasteiger partial charge is 0.329 e. The zero-order valence-electron chi connectivity index (χ0n) is 12.5. The first-order chi connectivity index (χ1) is 9.03. The summed E-state index contributed by atoms with van der Waals surface area (Å²) in [5.74, 6) is 0. The van der Waals surface area contributed by atoms with Crippen molar-refractivity contribution in [3.8, 4) is 0 Å². The molecular weight excluding hydrogens is 256 g/mol. The molecule has 0 amide bonds. The summed E-state index contributed by atoms with van der Waals surface area (Å²) in [5, 5.41) is 0.835. The molecule has 1 aromatic carbocycles. The SMILES string of the molecule is CCCCCC(C)(CN)N(C)Cc1ccccc1Cl. The summed E-state index contributed by atoms with van der Waals surface area (Å²) in [4.78, 5) is 2.34. The Kier molecular flexibility index (Phi) is 6.84. The lowest BCUT2D eigenvalue weighted by Gasteiger charge is -2.38. The van der Waals surface area contributed by atoms with Crippen LogP contribution in [0.1, 0.15) is 45.1 Å². The molecule has 0 aliphatic carbocycles. The number of nitrogens with zero attached hydrogens (tertiary/aromatic N) is 1. The molecule has 0 saturated carbocycles. The number of hydrogen-bond acceptors (Lipinski definition) is 2. The lowest BCUT2D eigenvalue weighted by molar-refractivity contribution is 0.123. The average Bonchev–Trinajstić information content (AvgIpc) is 2.41. The number of benzene rings is 1. The Bertz CT molecular complexity index is 381. The Morgan fingerprint density at radius 1 is 1.26 bits per heavy atom. The highest BCUT2D eigenvalue weighted by Crippen LogP contribution is 2.24. The van der Waals surface area contributed by atoms with Gasteiger partial charge < -0.3 is 5.73 Å². The zero-order chi connectivity index (χ0) is 14.3. The molecule has 0 spiro atoms. The van der Waals surface area contributed by atoms with E-state index in [9.17, 15) is 0 Å². The van der Waals surface area contributed by atoms with Crippen molar-refractivity contribution in [1.29, 1.82) is 0 Å². The van der Waals surface area contributed by atoms with Crippen molar-refractivity contribution in [2.45, 2.75) is 51.6 Å². The Morgan fingerprint density at radius 3 is 2.53 bits per heavy atom. The van der Waals surface area contributed by atoms with Crippen LogP contribution in [0.5, 0.6) is 0 Å². The minimum Gasteiger partial charge on any atom is -0.329 e. The number of rotatable bonds is 8. The van der Waals surface area contributed by atoms with Gasteiger partial charge in [-0.05, 0) is 32.0 Å². The van der Waals surface area contributed by atoms with Gasteiger partial charge >= 0.3 is 0 Å². The second kappa shape index (κ2) is 7.88. The van der Waals surface area contributed by atoms with Crippen LogP contribution in [0, 0.1) is 0 Å². The molecule has 0 aliphatic rings. The second-order valence-electron chi connectivity index (χ2n) is 5.61. The van der Waals surface area contributed by atoms with E-state index in [4.69, 9.17) is 17.3 Å². The molecule has 0 radical (unpaired) electrons. The summed E-state index contributed by atoms with van der Waals surface area (Å²) in [6, 6.07) is 8.03. The minimum absolute atomic E-state index is 0.0499. The van der Waals surface area contributed by atoms with Crippen LogP contribution >= 0.6 is 11.6 Å². The van der Waals surface area contributed by atoms with E-state index in [1.807, 2.05) is 18.2 Å². The van der Waals surface area contributed by atoms with Gasteiger partial charge in [-0.25, -0.2) is 0 Å². The fourth-order valence-electron chi connectivity index (χ4n) is 2.28. The van der Waals surface area contributed by atoms with Gasteiger partial charge in [-0.3, -0.25) is 4.90 Å². The summed E-state index contributed by atoms with van der Waals surface area (Å²) >= 11 is 6.23. The summed E-state index contributed by atoms with van der Waals surface area (Å²) < 4.78 is 0. The molecule has 0 aliphatic heterocycles. The smallest absolute Gasteiger partial charge is 0.0451 e. The van der Waals surface area contributed by atoms with Crippen LogP contribution in [-0.2, 0) is 6.54 Å². The molecule has 19 heavy (non-hydrogen) atoms. The van der Waals surface area contributed by atoms with E-state index in [1.54, 1.807) is 0 Å². The quantitative estimate of drug-likeness (QED) is 0.728. The van der Waals surface area contributed by atoms with Crippen LogP contribution in [-0.4, -0.2) is 24.0 Å². The van der Waals surface area contributed by atoms with E-state index in [-0.39, 0.29) is 5.54 Å². The molecule has 1 rings (SSSR count). The summed E-state index contributed by atoms with van der Waals surface area (Å²) in [7, 11) is 2.14. The second-order valence-corrected chi connectivity index (χ2v) is 6.01. The highest BCUT2D eigenvalue weighted by molar-refractivity contribution is 6.31. The molecule has 3 heteroatoms. The van der Waals surface area contributed by atoms with Crippen LogP contribution < -0.4 is 5.73 Å². The van der Waals surface area contributed by atoms with Crippen molar-refractivity contribution < 1.29 is 0 Å². The van der Waals surface area contributed by atoms with Gasteiger partial charge in [0.25, 0.3) is 0 Å². The molecule has 108 valence electrons. The molecule has 2 N–H and O–H groups in total. The summed E-state index contributed by atoms with van der Waals surface area (Å²) in [6.07, 6.45) is 4.89. The van der Waals surface area contributed by atoms with Crippen molar-refractivity contribution >= 4 is 11.6 Å². The maximum absolute atomic E-state index is 6.23. The van der Waals surface area contributed by atoms with Crippen LogP contribution in [0.25, 0.3) is 0 Å². The zero-order valence-corrected chi connectivity index (χ0v) is 13.2. The van der Waals surface area contributed by atoms with Gasteiger partial charge in [0, 0.05) is 23.7 Å². The van der Waals surface area contributed by atoms with Gasteiger partial charge in [0.15, 0.2) is 0 Å². The highest BCUT2D eigenvalue weighted by atomic mass is 35.5. The minimum atomic E-state index is 0.0499. The number of likely N-dealkylation sites (N-methyl/N-ethyl adjacent to an activating group) is 1. The van der Waals surface area contributed by atoms with Gasteiger partial charge in [0.1, 0.15) is 0 Å². The van der Waals surface area contributed by atoms with E-state index in [0.29, 0.717) is 6.54 Å². The molecule has 2 nitrogen and oxygen atoms in total. The predicted molar refractivity (Wildman–Crippen MR) is 84.5 cm³/mol. The molecule has 0 fully saturated rings. The molecule has 1 aromatic rings. The number of halogens is 1. The Balaban J connectivity index is 2.67. The molecular formula is C16H27ClN2. The summed E-state index contributed by atoms with van der Waals surface area (Å²) in [6.45, 7) is 6.00. The van der Waals surface area contributed by atoms with E-state index < -0.39 is 0 Å². The van der Waals surface area contributed by atoms with Crippen LogP contribution in [0.15, 0.2) is 24.3 Å². The lowest BCUT2D eigenvalue weighted by atomic mass is 9.92. The normalized spacial score (nSPS) is 14.6. The molecule has 1 unspecified atom stereocenters. The number of hydrogen-bond donors (Lipinski definition) is 1. The third-order valence-electron chi connectivity index (χ3n) is 4.05. The fourth-order valence-corrected chi connectivity index (χ4v) is 2.47. The van der Waals surface area contributed by atoms with E-state index in [2.05, 4.69) is 31.9 Å². The monoisotopic (exact) mass is 282 g/mol. The third-order valence-corrected chi connectivity index (χ3v) is 4.41. The first kappa shape index (κ1) is 16.5. The maximum atomic E-state index is 6.23. The van der Waals surface area contributed by atoms with Gasteiger partial charge in [-0.1, -0.05) is 56.0 Å². The predicted octanol–water partition coefficient (Wildman–Crippen LogP) is 4.07. The van der Waals surface area contributed by atoms with Gasteiger partial charge in [-0.2, -0.15) is 0 Å². The van der Waals surface area contributed by atoms with Crippen molar-refractivity contribution in [3.05, 3.63) is 34.9 Å². The van der Waals surface area contributed by atoms with Gasteiger partial charge in [0.2, 0.25) is 0 Å². The van der Waals surface area contributed by atoms with Crippen molar-refractivity contribution in [3.63, 3.8) is 0 Å². The van der Waals surface area contributed by atoms with Gasteiger partial charge in [-0.15, -0.1) is 0 Å². The average molecular weight is 283 g/mol.